The molecule has 2 N–H and O–H groups in total. The van der Waals surface area contributed by atoms with E-state index in [1.807, 2.05) is 4.57 Å². The molecule has 2 heterocycles. The van der Waals surface area contributed by atoms with Gasteiger partial charge in [0.2, 0.25) is 0 Å². The van der Waals surface area contributed by atoms with Crippen molar-refractivity contribution in [3.63, 3.8) is 0 Å². The van der Waals surface area contributed by atoms with Crippen molar-refractivity contribution in [1.29, 1.82) is 5.26 Å². The zero-order valence-electron chi connectivity index (χ0n) is 10.3. The Morgan fingerprint density at radius 3 is 2.59 bits per heavy atom. The first-order chi connectivity index (χ1) is 8.15. The van der Waals surface area contributed by atoms with Crippen LogP contribution in [0.25, 0.3) is 0 Å². The zero-order valence-corrected chi connectivity index (χ0v) is 10.3. The molecule has 5 heteroatoms. The second-order valence-electron chi connectivity index (χ2n) is 4.48. The van der Waals surface area contributed by atoms with Crippen molar-refractivity contribution in [2.75, 3.05) is 36.9 Å². The van der Waals surface area contributed by atoms with Crippen LogP contribution in [-0.2, 0) is 4.74 Å². The van der Waals surface area contributed by atoms with Crippen LogP contribution in [0.1, 0.15) is 25.6 Å². The molecule has 2 rings (SSSR count). The minimum atomic E-state index is 0.222. The van der Waals surface area contributed by atoms with Gasteiger partial charge in [0.1, 0.15) is 17.6 Å². The lowest BCUT2D eigenvalue weighted by Crippen LogP contribution is -2.38. The smallest absolute Gasteiger partial charge is 0.133 e. The van der Waals surface area contributed by atoms with Crippen molar-refractivity contribution in [3.8, 4) is 6.07 Å². The fourth-order valence-corrected chi connectivity index (χ4v) is 2.25. The van der Waals surface area contributed by atoms with E-state index < -0.39 is 0 Å². The number of aromatic nitrogens is 1. The van der Waals surface area contributed by atoms with Gasteiger partial charge in [-0.15, -0.1) is 0 Å². The first-order valence-electron chi connectivity index (χ1n) is 5.88. The third-order valence-electron chi connectivity index (χ3n) is 2.98. The number of nitrogens with zero attached hydrogens (tertiary/aromatic N) is 3. The van der Waals surface area contributed by atoms with Crippen LogP contribution in [-0.4, -0.2) is 30.9 Å². The molecule has 1 aromatic rings. The van der Waals surface area contributed by atoms with E-state index in [0.717, 1.165) is 18.9 Å². The number of anilines is 2. The Kier molecular flexibility index (Phi) is 3.25. The molecule has 17 heavy (non-hydrogen) atoms. The third kappa shape index (κ3) is 2.08. The minimum Gasteiger partial charge on any atom is -0.396 e. The summed E-state index contributed by atoms with van der Waals surface area (Å²) in [4.78, 5) is 2.19. The Bertz CT molecular complexity index is 438. The summed E-state index contributed by atoms with van der Waals surface area (Å²) in [6.07, 6.45) is 0. The quantitative estimate of drug-likeness (QED) is 0.839. The summed E-state index contributed by atoms with van der Waals surface area (Å²) in [5.41, 5.74) is 7.33. The van der Waals surface area contributed by atoms with Crippen LogP contribution < -0.4 is 10.6 Å². The fraction of sp³-hybridized carbons (Fsp3) is 0.583. The lowest BCUT2D eigenvalue weighted by molar-refractivity contribution is 0.122. The maximum Gasteiger partial charge on any atom is 0.133 e. The number of morpholine rings is 1. The molecule has 0 atom stereocenters. The Morgan fingerprint density at radius 2 is 2.06 bits per heavy atom. The highest BCUT2D eigenvalue weighted by atomic mass is 16.5. The fourth-order valence-electron chi connectivity index (χ4n) is 2.25. The highest BCUT2D eigenvalue weighted by Crippen LogP contribution is 2.31. The maximum atomic E-state index is 9.13. The number of ether oxygens (including phenoxy) is 1. The summed E-state index contributed by atoms with van der Waals surface area (Å²) in [6, 6.07) is 4.18. The summed E-state index contributed by atoms with van der Waals surface area (Å²) in [5, 5.41) is 9.13. The SMILES string of the molecule is CC(C)n1c(C#N)cc(N)c1N1CCOCC1. The Hall–Kier alpha value is -1.67. The van der Waals surface area contributed by atoms with E-state index in [0.29, 0.717) is 24.6 Å². The molecule has 1 aliphatic rings. The average molecular weight is 234 g/mol. The van der Waals surface area contributed by atoms with Crippen LogP contribution in [0.5, 0.6) is 0 Å². The highest BCUT2D eigenvalue weighted by molar-refractivity contribution is 5.68. The van der Waals surface area contributed by atoms with Gasteiger partial charge >= 0.3 is 0 Å². The van der Waals surface area contributed by atoms with Gasteiger partial charge in [-0.25, -0.2) is 0 Å². The van der Waals surface area contributed by atoms with E-state index in [4.69, 9.17) is 15.7 Å². The molecule has 0 spiro atoms. The number of nitrogen functional groups attached to an aromatic ring is 1. The standard InChI is InChI=1S/C12H18N4O/c1-9(2)16-10(8-13)7-11(14)12(16)15-3-5-17-6-4-15/h7,9H,3-6,14H2,1-2H3. The number of nitriles is 1. The van der Waals surface area contributed by atoms with Crippen LogP contribution in [0.15, 0.2) is 6.07 Å². The summed E-state index contributed by atoms with van der Waals surface area (Å²) >= 11 is 0. The van der Waals surface area contributed by atoms with E-state index in [1.54, 1.807) is 6.07 Å². The van der Waals surface area contributed by atoms with Gasteiger partial charge in [-0.1, -0.05) is 0 Å². The Balaban J connectivity index is 2.44. The minimum absolute atomic E-state index is 0.222. The second kappa shape index (κ2) is 4.68. The van der Waals surface area contributed by atoms with Crippen molar-refractivity contribution < 1.29 is 4.74 Å². The Labute approximate surface area is 101 Å². The molecule has 0 radical (unpaired) electrons. The van der Waals surface area contributed by atoms with E-state index in [9.17, 15) is 0 Å². The van der Waals surface area contributed by atoms with Gasteiger partial charge in [-0.3, -0.25) is 0 Å². The molecule has 0 saturated carbocycles. The van der Waals surface area contributed by atoms with E-state index >= 15 is 0 Å². The van der Waals surface area contributed by atoms with Gasteiger partial charge in [0.05, 0.1) is 18.9 Å². The first kappa shape index (κ1) is 11.8. The molecule has 0 amide bonds. The molecule has 92 valence electrons. The van der Waals surface area contributed by atoms with Gasteiger partial charge in [0.15, 0.2) is 0 Å². The summed E-state index contributed by atoms with van der Waals surface area (Å²) in [6.45, 7) is 7.20. The molecular formula is C12H18N4O. The second-order valence-corrected chi connectivity index (χ2v) is 4.48. The van der Waals surface area contributed by atoms with Crippen LogP contribution in [0.2, 0.25) is 0 Å². The number of hydrogen-bond acceptors (Lipinski definition) is 4. The monoisotopic (exact) mass is 234 g/mol. The molecule has 0 bridgehead atoms. The topological polar surface area (TPSA) is 67.2 Å². The summed E-state index contributed by atoms with van der Waals surface area (Å²) in [7, 11) is 0. The van der Waals surface area contributed by atoms with Crippen molar-refractivity contribution in [3.05, 3.63) is 11.8 Å². The highest BCUT2D eigenvalue weighted by Gasteiger charge is 2.22. The van der Waals surface area contributed by atoms with E-state index in [-0.39, 0.29) is 6.04 Å². The summed E-state index contributed by atoms with van der Waals surface area (Å²) < 4.78 is 7.34. The van der Waals surface area contributed by atoms with Crippen LogP contribution in [0.3, 0.4) is 0 Å². The average Bonchev–Trinajstić information content (AvgIpc) is 2.67. The lowest BCUT2D eigenvalue weighted by atomic mass is 10.3. The van der Waals surface area contributed by atoms with Gasteiger partial charge in [-0.2, -0.15) is 5.26 Å². The maximum absolute atomic E-state index is 9.13. The molecule has 1 saturated heterocycles. The zero-order chi connectivity index (χ0) is 12.4. The molecule has 1 aliphatic heterocycles. The predicted molar refractivity (Wildman–Crippen MR) is 67.0 cm³/mol. The number of rotatable bonds is 2. The van der Waals surface area contributed by atoms with Crippen molar-refractivity contribution in [1.82, 2.24) is 4.57 Å². The molecule has 0 unspecified atom stereocenters. The molecule has 1 aromatic heterocycles. The summed E-state index contributed by atoms with van der Waals surface area (Å²) in [5.74, 6) is 0.958. The van der Waals surface area contributed by atoms with Crippen LogP contribution >= 0.6 is 0 Å². The Morgan fingerprint density at radius 1 is 1.41 bits per heavy atom. The number of hydrogen-bond donors (Lipinski definition) is 1. The van der Waals surface area contributed by atoms with E-state index in [1.165, 1.54) is 0 Å². The molecule has 5 nitrogen and oxygen atoms in total. The normalized spacial score (nSPS) is 16.2. The molecule has 0 aromatic carbocycles. The van der Waals surface area contributed by atoms with Gasteiger partial charge < -0.3 is 19.9 Å². The van der Waals surface area contributed by atoms with E-state index in [2.05, 4.69) is 24.8 Å². The third-order valence-corrected chi connectivity index (χ3v) is 2.98. The largest absolute Gasteiger partial charge is 0.396 e. The van der Waals surface area contributed by atoms with Gasteiger partial charge in [-0.05, 0) is 19.9 Å². The van der Waals surface area contributed by atoms with Crippen molar-refractivity contribution in [2.45, 2.75) is 19.9 Å². The van der Waals surface area contributed by atoms with Crippen LogP contribution in [0.4, 0.5) is 11.5 Å². The molecule has 0 aliphatic carbocycles. The number of nitrogens with two attached hydrogens (primary N) is 1. The molecular weight excluding hydrogens is 216 g/mol. The lowest BCUT2D eigenvalue weighted by Gasteiger charge is -2.31. The van der Waals surface area contributed by atoms with Crippen molar-refractivity contribution >= 4 is 11.5 Å². The predicted octanol–water partition coefficient (Wildman–Crippen LogP) is 1.36. The van der Waals surface area contributed by atoms with Gasteiger partial charge in [0.25, 0.3) is 0 Å². The van der Waals surface area contributed by atoms with Gasteiger partial charge in [0, 0.05) is 19.1 Å². The first-order valence-corrected chi connectivity index (χ1v) is 5.88. The van der Waals surface area contributed by atoms with Crippen molar-refractivity contribution in [2.24, 2.45) is 0 Å². The molecule has 1 fully saturated rings. The van der Waals surface area contributed by atoms with Crippen LogP contribution in [0, 0.1) is 11.3 Å².